The zero-order valence-corrected chi connectivity index (χ0v) is 15.4. The van der Waals surface area contributed by atoms with Crippen LogP contribution in [-0.4, -0.2) is 36.8 Å². The molecular formula is C19H27NO3S. The van der Waals surface area contributed by atoms with Crippen LogP contribution >= 0.6 is 0 Å². The predicted molar refractivity (Wildman–Crippen MR) is 95.3 cm³/mol. The fourth-order valence-corrected chi connectivity index (χ4v) is 5.84. The Balaban J connectivity index is 1.92. The molecule has 0 radical (unpaired) electrons. The van der Waals surface area contributed by atoms with Crippen molar-refractivity contribution in [3.05, 3.63) is 35.9 Å². The summed E-state index contributed by atoms with van der Waals surface area (Å²) in [5.41, 5.74) is 0.876. The van der Waals surface area contributed by atoms with Crippen LogP contribution in [0.1, 0.15) is 51.5 Å². The molecule has 0 N–H and O–H groups in total. The number of carbonyl (C=O) groups excluding carboxylic acids is 1. The Morgan fingerprint density at radius 2 is 2.00 bits per heavy atom. The Kier molecular flexibility index (Phi) is 4.73. The van der Waals surface area contributed by atoms with E-state index in [1.54, 1.807) is 6.92 Å². The molecule has 1 aromatic rings. The molecule has 2 aliphatic rings. The maximum atomic E-state index is 13.0. The Labute approximate surface area is 145 Å². The maximum Gasteiger partial charge on any atom is 0.241 e. The highest BCUT2D eigenvalue weighted by Crippen LogP contribution is 2.54. The van der Waals surface area contributed by atoms with Crippen molar-refractivity contribution in [3.63, 3.8) is 0 Å². The third-order valence-corrected chi connectivity index (χ3v) is 8.09. The molecule has 4 nitrogen and oxygen atoms in total. The van der Waals surface area contributed by atoms with E-state index in [2.05, 4.69) is 12.1 Å². The molecule has 1 aliphatic carbocycles. The number of amides is 1. The van der Waals surface area contributed by atoms with Gasteiger partial charge in [0.2, 0.25) is 5.91 Å². The van der Waals surface area contributed by atoms with E-state index in [1.807, 2.05) is 30.0 Å². The topological polar surface area (TPSA) is 54.5 Å². The standard InChI is InChI=1S/C19H27NO3S/c1-3-13-24(22,23)15(2)18(21)20-14-17-11-7-8-12-19(17,20)16-9-5-4-6-10-16/h4-6,9-10,15,17H,3,7-8,11-14H2,1-2H3/t15-,17-,19-/m1/s1. The van der Waals surface area contributed by atoms with Crippen LogP contribution < -0.4 is 0 Å². The van der Waals surface area contributed by atoms with Crippen LogP contribution in [-0.2, 0) is 20.2 Å². The second kappa shape index (κ2) is 6.51. The maximum absolute atomic E-state index is 13.0. The number of rotatable bonds is 5. The highest BCUT2D eigenvalue weighted by molar-refractivity contribution is 7.92. The molecule has 3 rings (SSSR count). The first-order chi connectivity index (χ1) is 11.4. The summed E-state index contributed by atoms with van der Waals surface area (Å²) >= 11 is 0. The molecule has 1 saturated heterocycles. The molecule has 0 unspecified atom stereocenters. The minimum atomic E-state index is -3.37. The fraction of sp³-hybridized carbons (Fsp3) is 0.632. The molecular weight excluding hydrogens is 322 g/mol. The van der Waals surface area contributed by atoms with E-state index >= 15 is 0 Å². The fourth-order valence-electron chi connectivity index (χ4n) is 4.48. The zero-order valence-electron chi connectivity index (χ0n) is 14.6. The third kappa shape index (κ3) is 2.67. The summed E-state index contributed by atoms with van der Waals surface area (Å²) in [6.07, 6.45) is 4.89. The van der Waals surface area contributed by atoms with Crippen LogP contribution in [0.25, 0.3) is 0 Å². The molecule has 1 aliphatic heterocycles. The summed E-state index contributed by atoms with van der Waals surface area (Å²) in [6, 6.07) is 10.2. The Hall–Kier alpha value is -1.36. The van der Waals surface area contributed by atoms with E-state index in [-0.39, 0.29) is 17.2 Å². The molecule has 1 heterocycles. The lowest BCUT2D eigenvalue weighted by molar-refractivity contribution is -0.165. The molecule has 3 atom stereocenters. The second-order valence-corrected chi connectivity index (χ2v) is 9.63. The third-order valence-electron chi connectivity index (χ3n) is 5.84. The van der Waals surface area contributed by atoms with Crippen LogP contribution in [0.5, 0.6) is 0 Å². The molecule has 1 amide bonds. The minimum Gasteiger partial charge on any atom is -0.331 e. The van der Waals surface area contributed by atoms with Crippen LogP contribution in [0.4, 0.5) is 0 Å². The Bertz CT molecular complexity index is 701. The van der Waals surface area contributed by atoms with E-state index in [4.69, 9.17) is 0 Å². The SMILES string of the molecule is CCCS(=O)(=O)[C@H](C)C(=O)N1C[C@H]2CCCC[C@@]21c1ccccc1. The first-order valence-corrected chi connectivity index (χ1v) is 10.7. The van der Waals surface area contributed by atoms with E-state index in [9.17, 15) is 13.2 Å². The highest BCUT2D eigenvalue weighted by Gasteiger charge is 2.58. The molecule has 2 fully saturated rings. The van der Waals surface area contributed by atoms with Crippen molar-refractivity contribution in [2.45, 2.75) is 56.7 Å². The van der Waals surface area contributed by atoms with Gasteiger partial charge in [-0.3, -0.25) is 4.79 Å². The van der Waals surface area contributed by atoms with Crippen molar-refractivity contribution >= 4 is 15.7 Å². The number of fused-ring (bicyclic) bond motifs is 1. The van der Waals surface area contributed by atoms with Crippen molar-refractivity contribution in [2.24, 2.45) is 5.92 Å². The lowest BCUT2D eigenvalue weighted by Crippen LogP contribution is -2.69. The summed E-state index contributed by atoms with van der Waals surface area (Å²) in [6.45, 7) is 4.09. The molecule has 0 bridgehead atoms. The Morgan fingerprint density at radius 1 is 1.29 bits per heavy atom. The number of likely N-dealkylation sites (tertiary alicyclic amines) is 1. The molecule has 0 aromatic heterocycles. The van der Waals surface area contributed by atoms with Crippen molar-refractivity contribution in [2.75, 3.05) is 12.3 Å². The van der Waals surface area contributed by atoms with Crippen molar-refractivity contribution in [1.29, 1.82) is 0 Å². The molecule has 1 aromatic carbocycles. The summed E-state index contributed by atoms with van der Waals surface area (Å²) in [4.78, 5) is 14.9. The largest absolute Gasteiger partial charge is 0.331 e. The quantitative estimate of drug-likeness (QED) is 0.821. The highest BCUT2D eigenvalue weighted by atomic mass is 32.2. The van der Waals surface area contributed by atoms with Gasteiger partial charge in [-0.25, -0.2) is 8.42 Å². The zero-order chi connectivity index (χ0) is 17.4. The number of hydrogen-bond donors (Lipinski definition) is 0. The minimum absolute atomic E-state index is 0.0789. The van der Waals surface area contributed by atoms with Crippen LogP contribution in [0, 0.1) is 5.92 Å². The molecule has 132 valence electrons. The lowest BCUT2D eigenvalue weighted by atomic mass is 9.61. The average Bonchev–Trinajstić information content (AvgIpc) is 2.56. The van der Waals surface area contributed by atoms with Crippen LogP contribution in [0.2, 0.25) is 0 Å². The van der Waals surface area contributed by atoms with Gasteiger partial charge >= 0.3 is 0 Å². The van der Waals surface area contributed by atoms with Gasteiger partial charge in [0.05, 0.1) is 11.3 Å². The van der Waals surface area contributed by atoms with Gasteiger partial charge < -0.3 is 4.90 Å². The average molecular weight is 349 g/mol. The van der Waals surface area contributed by atoms with E-state index in [0.717, 1.165) is 24.8 Å². The number of sulfone groups is 1. The van der Waals surface area contributed by atoms with Gasteiger partial charge in [0.15, 0.2) is 9.84 Å². The van der Waals surface area contributed by atoms with Gasteiger partial charge in [-0.2, -0.15) is 0 Å². The van der Waals surface area contributed by atoms with Crippen molar-refractivity contribution in [3.8, 4) is 0 Å². The number of hydrogen-bond acceptors (Lipinski definition) is 3. The summed E-state index contributed by atoms with van der Waals surface area (Å²) in [7, 11) is -3.37. The van der Waals surface area contributed by atoms with E-state index < -0.39 is 15.1 Å². The van der Waals surface area contributed by atoms with Gasteiger partial charge in [0.1, 0.15) is 5.25 Å². The van der Waals surface area contributed by atoms with Gasteiger partial charge in [-0.1, -0.05) is 50.1 Å². The van der Waals surface area contributed by atoms with Gasteiger partial charge in [-0.05, 0) is 31.7 Å². The monoisotopic (exact) mass is 349 g/mol. The molecule has 24 heavy (non-hydrogen) atoms. The lowest BCUT2D eigenvalue weighted by Gasteiger charge is -2.62. The number of carbonyl (C=O) groups is 1. The summed E-state index contributed by atoms with van der Waals surface area (Å²) < 4.78 is 24.7. The van der Waals surface area contributed by atoms with Crippen LogP contribution in [0.15, 0.2) is 30.3 Å². The van der Waals surface area contributed by atoms with Crippen molar-refractivity contribution < 1.29 is 13.2 Å². The van der Waals surface area contributed by atoms with E-state index in [1.165, 1.54) is 6.42 Å². The first-order valence-electron chi connectivity index (χ1n) is 9.02. The summed E-state index contributed by atoms with van der Waals surface area (Å²) in [5, 5.41) is -0.944. The first kappa shape index (κ1) is 17.5. The van der Waals surface area contributed by atoms with Crippen LogP contribution in [0.3, 0.4) is 0 Å². The van der Waals surface area contributed by atoms with Gasteiger partial charge in [0.25, 0.3) is 0 Å². The van der Waals surface area contributed by atoms with Crippen molar-refractivity contribution in [1.82, 2.24) is 4.90 Å². The Morgan fingerprint density at radius 3 is 2.62 bits per heavy atom. The normalized spacial score (nSPS) is 27.9. The summed E-state index contributed by atoms with van der Waals surface area (Å²) in [5.74, 6) is 0.319. The van der Waals surface area contributed by atoms with E-state index in [0.29, 0.717) is 18.9 Å². The second-order valence-electron chi connectivity index (χ2n) is 7.19. The van der Waals surface area contributed by atoms with Gasteiger partial charge in [-0.15, -0.1) is 0 Å². The van der Waals surface area contributed by atoms with Gasteiger partial charge in [0, 0.05) is 12.5 Å². The molecule has 1 saturated carbocycles. The smallest absolute Gasteiger partial charge is 0.241 e. The molecule has 0 spiro atoms. The molecule has 5 heteroatoms. The predicted octanol–water partition coefficient (Wildman–Crippen LogP) is 3.13. The number of benzene rings is 1. The number of nitrogens with zero attached hydrogens (tertiary/aromatic N) is 1.